The van der Waals surface area contributed by atoms with Gasteiger partial charge >= 0.3 is 0 Å². The third-order valence-electron chi connectivity index (χ3n) is 3.38. The number of hydrogen-bond acceptors (Lipinski definition) is 4. The minimum Gasteiger partial charge on any atom is -0.497 e. The largest absolute Gasteiger partial charge is 0.497 e. The Bertz CT molecular complexity index is 414. The lowest BCUT2D eigenvalue weighted by molar-refractivity contribution is -0.124. The SMILES string of the molecule is COc1ccc(OCCCNC(=O)C2CCNC2)cc1. The molecule has 0 spiro atoms. The Hall–Kier alpha value is -1.75. The van der Waals surface area contributed by atoms with Gasteiger partial charge in [-0.1, -0.05) is 0 Å². The Morgan fingerprint density at radius 3 is 2.75 bits per heavy atom. The first kappa shape index (κ1) is 14.7. The summed E-state index contributed by atoms with van der Waals surface area (Å²) in [7, 11) is 1.64. The summed E-state index contributed by atoms with van der Waals surface area (Å²) in [5.74, 6) is 1.92. The highest BCUT2D eigenvalue weighted by atomic mass is 16.5. The molecule has 1 amide bonds. The van der Waals surface area contributed by atoms with E-state index in [0.29, 0.717) is 13.2 Å². The smallest absolute Gasteiger partial charge is 0.224 e. The van der Waals surface area contributed by atoms with Gasteiger partial charge in [0, 0.05) is 13.1 Å². The van der Waals surface area contributed by atoms with Gasteiger partial charge in [-0.25, -0.2) is 0 Å². The summed E-state index contributed by atoms with van der Waals surface area (Å²) in [6.45, 7) is 2.99. The second-order valence-electron chi connectivity index (χ2n) is 4.86. The molecule has 1 unspecified atom stereocenters. The van der Waals surface area contributed by atoms with Crippen LogP contribution in [0.4, 0.5) is 0 Å². The van der Waals surface area contributed by atoms with Gasteiger partial charge < -0.3 is 20.1 Å². The maximum absolute atomic E-state index is 11.7. The van der Waals surface area contributed by atoms with Gasteiger partial charge in [-0.05, 0) is 43.7 Å². The average Bonchev–Trinajstić information content (AvgIpc) is 3.01. The van der Waals surface area contributed by atoms with Crippen LogP contribution in [0, 0.1) is 5.92 Å². The third kappa shape index (κ3) is 4.42. The van der Waals surface area contributed by atoms with Crippen molar-refractivity contribution in [3.05, 3.63) is 24.3 Å². The van der Waals surface area contributed by atoms with Gasteiger partial charge in [-0.15, -0.1) is 0 Å². The molecule has 5 heteroatoms. The summed E-state index contributed by atoms with van der Waals surface area (Å²) < 4.78 is 10.7. The number of carbonyl (C=O) groups is 1. The zero-order chi connectivity index (χ0) is 14.2. The zero-order valence-electron chi connectivity index (χ0n) is 11.9. The summed E-state index contributed by atoms with van der Waals surface area (Å²) in [6, 6.07) is 7.48. The topological polar surface area (TPSA) is 59.6 Å². The molecule has 1 aliphatic rings. The summed E-state index contributed by atoms with van der Waals surface area (Å²) in [5, 5.41) is 6.14. The summed E-state index contributed by atoms with van der Waals surface area (Å²) in [6.07, 6.45) is 1.74. The van der Waals surface area contributed by atoms with Crippen molar-refractivity contribution >= 4 is 5.91 Å². The second-order valence-corrected chi connectivity index (χ2v) is 4.86. The number of carbonyl (C=O) groups excluding carboxylic acids is 1. The Balaban J connectivity index is 1.57. The highest BCUT2D eigenvalue weighted by Crippen LogP contribution is 2.16. The maximum atomic E-state index is 11.7. The molecule has 1 aliphatic heterocycles. The number of ether oxygens (including phenoxy) is 2. The lowest BCUT2D eigenvalue weighted by Crippen LogP contribution is -2.33. The monoisotopic (exact) mass is 278 g/mol. The molecule has 1 aromatic carbocycles. The molecule has 1 saturated heterocycles. The molecule has 110 valence electrons. The molecule has 2 N–H and O–H groups in total. The van der Waals surface area contributed by atoms with Crippen molar-refractivity contribution in [1.82, 2.24) is 10.6 Å². The Kier molecular flexibility index (Phi) is 5.68. The lowest BCUT2D eigenvalue weighted by atomic mass is 10.1. The molecule has 1 aromatic rings. The van der Waals surface area contributed by atoms with Crippen molar-refractivity contribution in [3.63, 3.8) is 0 Å². The van der Waals surface area contributed by atoms with Gasteiger partial charge in [0.2, 0.25) is 5.91 Å². The average molecular weight is 278 g/mol. The van der Waals surface area contributed by atoms with E-state index in [0.717, 1.165) is 37.4 Å². The van der Waals surface area contributed by atoms with Gasteiger partial charge in [0.25, 0.3) is 0 Å². The molecule has 1 atom stereocenters. The van der Waals surface area contributed by atoms with Crippen molar-refractivity contribution in [3.8, 4) is 11.5 Å². The molecule has 0 radical (unpaired) electrons. The summed E-state index contributed by atoms with van der Waals surface area (Å²) in [5.41, 5.74) is 0. The maximum Gasteiger partial charge on any atom is 0.224 e. The molecule has 5 nitrogen and oxygen atoms in total. The first-order valence-corrected chi connectivity index (χ1v) is 7.05. The molecule has 1 heterocycles. The molecule has 20 heavy (non-hydrogen) atoms. The van der Waals surface area contributed by atoms with Crippen LogP contribution in [0.3, 0.4) is 0 Å². The van der Waals surface area contributed by atoms with Crippen LogP contribution in [0.2, 0.25) is 0 Å². The van der Waals surface area contributed by atoms with E-state index in [-0.39, 0.29) is 11.8 Å². The first-order valence-electron chi connectivity index (χ1n) is 7.05. The number of hydrogen-bond donors (Lipinski definition) is 2. The fourth-order valence-corrected chi connectivity index (χ4v) is 2.17. The van der Waals surface area contributed by atoms with E-state index in [4.69, 9.17) is 9.47 Å². The van der Waals surface area contributed by atoms with E-state index >= 15 is 0 Å². The van der Waals surface area contributed by atoms with Crippen molar-refractivity contribution in [1.29, 1.82) is 0 Å². The summed E-state index contributed by atoms with van der Waals surface area (Å²) >= 11 is 0. The highest BCUT2D eigenvalue weighted by Gasteiger charge is 2.21. The molecule has 2 rings (SSSR count). The number of rotatable bonds is 7. The molecular formula is C15H22N2O3. The van der Waals surface area contributed by atoms with Crippen LogP contribution in [-0.2, 0) is 4.79 Å². The fraction of sp³-hybridized carbons (Fsp3) is 0.533. The second kappa shape index (κ2) is 7.75. The van der Waals surface area contributed by atoms with Crippen LogP contribution >= 0.6 is 0 Å². The van der Waals surface area contributed by atoms with E-state index in [1.165, 1.54) is 0 Å². The quantitative estimate of drug-likeness (QED) is 0.736. The lowest BCUT2D eigenvalue weighted by Gasteiger charge is -2.10. The van der Waals surface area contributed by atoms with Crippen molar-refractivity contribution in [2.24, 2.45) is 5.92 Å². The molecule has 0 bridgehead atoms. The van der Waals surface area contributed by atoms with Crippen LogP contribution in [-0.4, -0.2) is 39.3 Å². The fourth-order valence-electron chi connectivity index (χ4n) is 2.17. The third-order valence-corrected chi connectivity index (χ3v) is 3.38. The minimum atomic E-state index is 0.137. The van der Waals surface area contributed by atoms with Gasteiger partial charge in [0.1, 0.15) is 11.5 Å². The van der Waals surface area contributed by atoms with E-state index in [1.807, 2.05) is 24.3 Å². The van der Waals surface area contributed by atoms with Gasteiger partial charge in [0.15, 0.2) is 0 Å². The van der Waals surface area contributed by atoms with Crippen molar-refractivity contribution in [2.75, 3.05) is 33.4 Å². The number of benzene rings is 1. The van der Waals surface area contributed by atoms with Crippen LogP contribution in [0.15, 0.2) is 24.3 Å². The van der Waals surface area contributed by atoms with E-state index in [1.54, 1.807) is 7.11 Å². The predicted molar refractivity (Wildman–Crippen MR) is 77.1 cm³/mol. The molecular weight excluding hydrogens is 256 g/mol. The van der Waals surface area contributed by atoms with Crippen molar-refractivity contribution in [2.45, 2.75) is 12.8 Å². The predicted octanol–water partition coefficient (Wildman–Crippen LogP) is 1.19. The molecule has 0 saturated carbocycles. The van der Waals surface area contributed by atoms with Crippen molar-refractivity contribution < 1.29 is 14.3 Å². The van der Waals surface area contributed by atoms with Crippen LogP contribution in [0.5, 0.6) is 11.5 Å². The first-order chi connectivity index (χ1) is 9.79. The number of amides is 1. The van der Waals surface area contributed by atoms with Crippen LogP contribution in [0.25, 0.3) is 0 Å². The summed E-state index contributed by atoms with van der Waals surface area (Å²) in [4.78, 5) is 11.7. The Morgan fingerprint density at radius 1 is 1.35 bits per heavy atom. The normalized spacial score (nSPS) is 17.8. The molecule has 0 aromatic heterocycles. The van der Waals surface area contributed by atoms with Gasteiger partial charge in [0.05, 0.1) is 19.6 Å². The van der Waals surface area contributed by atoms with E-state index in [2.05, 4.69) is 10.6 Å². The molecule has 1 fully saturated rings. The Labute approximate surface area is 119 Å². The standard InChI is InChI=1S/C15H22N2O3/c1-19-13-3-5-14(6-4-13)20-10-2-8-17-15(18)12-7-9-16-11-12/h3-6,12,16H,2,7-11H2,1H3,(H,17,18). The van der Waals surface area contributed by atoms with E-state index < -0.39 is 0 Å². The van der Waals surface area contributed by atoms with Gasteiger partial charge in [-0.3, -0.25) is 4.79 Å². The highest BCUT2D eigenvalue weighted by molar-refractivity contribution is 5.79. The van der Waals surface area contributed by atoms with E-state index in [9.17, 15) is 4.79 Å². The Morgan fingerprint density at radius 2 is 2.10 bits per heavy atom. The minimum absolute atomic E-state index is 0.137. The zero-order valence-corrected chi connectivity index (χ0v) is 11.9. The van der Waals surface area contributed by atoms with Gasteiger partial charge in [-0.2, -0.15) is 0 Å². The number of methoxy groups -OCH3 is 1. The number of nitrogens with one attached hydrogen (secondary N) is 2. The molecule has 0 aliphatic carbocycles. The van der Waals surface area contributed by atoms with Crippen LogP contribution in [0.1, 0.15) is 12.8 Å². The van der Waals surface area contributed by atoms with Crippen LogP contribution < -0.4 is 20.1 Å².